The molecule has 0 saturated heterocycles. The molecule has 0 amide bonds. The molecule has 0 aliphatic carbocycles. The second-order valence-electron chi connectivity index (χ2n) is 4.06. The zero-order valence-corrected chi connectivity index (χ0v) is 9.46. The summed E-state index contributed by atoms with van der Waals surface area (Å²) < 4.78 is 4.94. The first kappa shape index (κ1) is 13.2. The predicted octanol–water partition coefficient (Wildman–Crippen LogP) is 1.66. The van der Waals surface area contributed by atoms with Gasteiger partial charge in [0.1, 0.15) is 11.0 Å². The molecule has 0 rings (SSSR count). The maximum Gasteiger partial charge on any atom is 0.325 e. The van der Waals surface area contributed by atoms with Crippen molar-refractivity contribution < 1.29 is 19.4 Å². The number of rotatable bonds is 3. The van der Waals surface area contributed by atoms with Crippen LogP contribution in [0.3, 0.4) is 0 Å². The molecule has 0 heterocycles. The molecule has 0 spiro atoms. The van der Waals surface area contributed by atoms with Crippen LogP contribution in [0.2, 0.25) is 0 Å². The minimum absolute atomic E-state index is 0.650. The van der Waals surface area contributed by atoms with E-state index in [4.69, 9.17) is 21.4 Å². The molecule has 1 N–H and O–H groups in total. The highest BCUT2D eigenvalue weighted by Gasteiger charge is 2.31. The smallest absolute Gasteiger partial charge is 0.325 e. The van der Waals surface area contributed by atoms with Crippen molar-refractivity contribution in [2.24, 2.45) is 5.92 Å². The molecule has 0 aliphatic heterocycles. The summed E-state index contributed by atoms with van der Waals surface area (Å²) in [6.45, 7) is 6.45. The van der Waals surface area contributed by atoms with E-state index in [1.54, 1.807) is 20.8 Å². The molecular formula is C9H15ClO4. The maximum atomic E-state index is 11.3. The van der Waals surface area contributed by atoms with Gasteiger partial charge in [0.25, 0.3) is 0 Å². The molecule has 0 saturated carbocycles. The number of aliphatic carboxylic acids is 1. The molecular weight excluding hydrogens is 208 g/mol. The number of carbonyl (C=O) groups is 2. The van der Waals surface area contributed by atoms with Crippen molar-refractivity contribution in [1.29, 1.82) is 0 Å². The summed E-state index contributed by atoms with van der Waals surface area (Å²) in [7, 11) is 0. The van der Waals surface area contributed by atoms with E-state index in [-0.39, 0.29) is 0 Å². The van der Waals surface area contributed by atoms with Crippen molar-refractivity contribution in [2.75, 3.05) is 0 Å². The Bertz CT molecular complexity index is 231. The van der Waals surface area contributed by atoms with Gasteiger partial charge in [-0.05, 0) is 27.7 Å². The standard InChI is InChI=1S/C9H15ClO4/c1-5(7(11)12)6(10)8(13)14-9(2,3)4/h5-6H,1-4H3,(H,11,12). The van der Waals surface area contributed by atoms with Crippen LogP contribution in [-0.4, -0.2) is 28.0 Å². The van der Waals surface area contributed by atoms with Gasteiger partial charge in [0.05, 0.1) is 5.92 Å². The van der Waals surface area contributed by atoms with Crippen molar-refractivity contribution >= 4 is 23.5 Å². The number of hydrogen-bond acceptors (Lipinski definition) is 3. The minimum Gasteiger partial charge on any atom is -0.481 e. The molecule has 0 bridgehead atoms. The van der Waals surface area contributed by atoms with Gasteiger partial charge in [0, 0.05) is 0 Å². The summed E-state index contributed by atoms with van der Waals surface area (Å²) in [6, 6.07) is 0. The summed E-state index contributed by atoms with van der Waals surface area (Å²) in [4.78, 5) is 21.8. The Hall–Kier alpha value is -0.770. The van der Waals surface area contributed by atoms with Crippen molar-refractivity contribution in [3.63, 3.8) is 0 Å². The van der Waals surface area contributed by atoms with E-state index in [2.05, 4.69) is 0 Å². The van der Waals surface area contributed by atoms with Gasteiger partial charge in [-0.25, -0.2) is 0 Å². The van der Waals surface area contributed by atoms with E-state index in [1.807, 2.05) is 0 Å². The SMILES string of the molecule is CC(C(=O)O)C(Cl)C(=O)OC(C)(C)C. The number of carboxylic acids is 1. The van der Waals surface area contributed by atoms with Crippen LogP contribution in [0.5, 0.6) is 0 Å². The van der Waals surface area contributed by atoms with Crippen LogP contribution in [0, 0.1) is 5.92 Å². The first-order chi connectivity index (χ1) is 6.15. The predicted molar refractivity (Wildman–Crippen MR) is 52.3 cm³/mol. The van der Waals surface area contributed by atoms with Gasteiger partial charge < -0.3 is 9.84 Å². The third kappa shape index (κ3) is 4.46. The van der Waals surface area contributed by atoms with Crippen LogP contribution in [-0.2, 0) is 14.3 Å². The molecule has 0 aromatic heterocycles. The van der Waals surface area contributed by atoms with E-state index in [0.29, 0.717) is 0 Å². The number of carbonyl (C=O) groups excluding carboxylic acids is 1. The Labute approximate surface area is 88.2 Å². The molecule has 5 heteroatoms. The quantitative estimate of drug-likeness (QED) is 0.583. The summed E-state index contributed by atoms with van der Waals surface area (Å²) in [5.41, 5.74) is -0.650. The van der Waals surface area contributed by atoms with Crippen LogP contribution in [0.1, 0.15) is 27.7 Å². The molecule has 14 heavy (non-hydrogen) atoms. The first-order valence-corrected chi connectivity index (χ1v) is 4.68. The normalized spacial score (nSPS) is 15.8. The fourth-order valence-corrected chi connectivity index (χ4v) is 0.840. The zero-order valence-electron chi connectivity index (χ0n) is 8.70. The monoisotopic (exact) mass is 222 g/mol. The van der Waals surface area contributed by atoms with Crippen LogP contribution in [0.4, 0.5) is 0 Å². The molecule has 0 fully saturated rings. The lowest BCUT2D eigenvalue weighted by atomic mass is 10.1. The van der Waals surface area contributed by atoms with Crippen LogP contribution < -0.4 is 0 Å². The Morgan fingerprint density at radius 2 is 1.79 bits per heavy atom. The number of hydrogen-bond donors (Lipinski definition) is 1. The van der Waals surface area contributed by atoms with E-state index in [9.17, 15) is 9.59 Å². The third-order valence-corrected chi connectivity index (χ3v) is 2.02. The molecule has 4 nitrogen and oxygen atoms in total. The highest BCUT2D eigenvalue weighted by Crippen LogP contribution is 2.16. The van der Waals surface area contributed by atoms with Gasteiger partial charge in [-0.1, -0.05) is 0 Å². The molecule has 0 radical (unpaired) electrons. The largest absolute Gasteiger partial charge is 0.481 e. The average Bonchev–Trinajstić information content (AvgIpc) is 1.98. The Morgan fingerprint density at radius 3 is 2.07 bits per heavy atom. The van der Waals surface area contributed by atoms with Gasteiger partial charge in [-0.2, -0.15) is 0 Å². The second-order valence-corrected chi connectivity index (χ2v) is 4.53. The summed E-state index contributed by atoms with van der Waals surface area (Å²) in [5, 5.41) is 7.46. The van der Waals surface area contributed by atoms with Gasteiger partial charge in [0.2, 0.25) is 0 Å². The van der Waals surface area contributed by atoms with E-state index in [0.717, 1.165) is 0 Å². The number of alkyl halides is 1. The summed E-state index contributed by atoms with van der Waals surface area (Å²) in [6.07, 6.45) is 0. The lowest BCUT2D eigenvalue weighted by Crippen LogP contribution is -2.35. The average molecular weight is 223 g/mol. The summed E-state index contributed by atoms with van der Waals surface area (Å²) in [5.74, 6) is -2.77. The van der Waals surface area contributed by atoms with E-state index >= 15 is 0 Å². The second kappa shape index (κ2) is 4.64. The minimum atomic E-state index is -1.15. The Morgan fingerprint density at radius 1 is 1.36 bits per heavy atom. The molecule has 0 aromatic carbocycles. The summed E-state index contributed by atoms with van der Waals surface area (Å²) >= 11 is 5.63. The topological polar surface area (TPSA) is 63.6 Å². The molecule has 82 valence electrons. The van der Waals surface area contributed by atoms with Crippen molar-refractivity contribution in [3.8, 4) is 0 Å². The molecule has 0 aromatic rings. The zero-order chi connectivity index (χ0) is 11.5. The van der Waals surface area contributed by atoms with Crippen LogP contribution in [0.15, 0.2) is 0 Å². The fourth-order valence-electron chi connectivity index (χ4n) is 0.687. The van der Waals surface area contributed by atoms with Gasteiger partial charge >= 0.3 is 11.9 Å². The third-order valence-electron chi connectivity index (χ3n) is 1.46. The molecule has 2 atom stereocenters. The number of esters is 1. The lowest BCUT2D eigenvalue weighted by molar-refractivity contribution is -0.158. The molecule has 2 unspecified atom stereocenters. The number of ether oxygens (including phenoxy) is 1. The number of halogens is 1. The maximum absolute atomic E-state index is 11.3. The molecule has 0 aliphatic rings. The van der Waals surface area contributed by atoms with E-state index in [1.165, 1.54) is 6.92 Å². The van der Waals surface area contributed by atoms with Gasteiger partial charge in [0.15, 0.2) is 0 Å². The van der Waals surface area contributed by atoms with Crippen molar-refractivity contribution in [2.45, 2.75) is 38.7 Å². The highest BCUT2D eigenvalue weighted by molar-refractivity contribution is 6.31. The highest BCUT2D eigenvalue weighted by atomic mass is 35.5. The Balaban J connectivity index is 4.33. The fraction of sp³-hybridized carbons (Fsp3) is 0.778. The first-order valence-electron chi connectivity index (χ1n) is 4.25. The van der Waals surface area contributed by atoms with Crippen molar-refractivity contribution in [3.05, 3.63) is 0 Å². The Kier molecular flexibility index (Phi) is 4.39. The number of carboxylic acid groups (broad SMARTS) is 1. The van der Waals surface area contributed by atoms with E-state index < -0.39 is 28.8 Å². The van der Waals surface area contributed by atoms with Gasteiger partial charge in [-0.15, -0.1) is 11.6 Å². The lowest BCUT2D eigenvalue weighted by Gasteiger charge is -2.22. The van der Waals surface area contributed by atoms with Crippen LogP contribution >= 0.6 is 11.6 Å². The van der Waals surface area contributed by atoms with Gasteiger partial charge in [-0.3, -0.25) is 9.59 Å². The van der Waals surface area contributed by atoms with Crippen molar-refractivity contribution in [1.82, 2.24) is 0 Å². The van der Waals surface area contributed by atoms with Crippen LogP contribution in [0.25, 0.3) is 0 Å².